The maximum atomic E-state index is 13.7. The number of carbonyl (C=O) groups excluding carboxylic acids is 1. The second kappa shape index (κ2) is 10.5. The molecule has 10 heteroatoms. The van der Waals surface area contributed by atoms with Crippen LogP contribution in [-0.2, 0) is 20.4 Å². The van der Waals surface area contributed by atoms with Gasteiger partial charge in [-0.25, -0.2) is 12.8 Å². The first-order valence-corrected chi connectivity index (χ1v) is 11.8. The molecular weight excluding hydrogens is 469 g/mol. The molecular formula is C23H27ClFN3O4S. The minimum atomic E-state index is -3.92. The quantitative estimate of drug-likeness (QED) is 0.629. The molecule has 1 aliphatic heterocycles. The lowest BCUT2D eigenvalue weighted by Gasteiger charge is -2.33. The highest BCUT2D eigenvalue weighted by Gasteiger charge is 2.47. The summed E-state index contributed by atoms with van der Waals surface area (Å²) in [6.45, 7) is 2.49. The minimum absolute atomic E-state index is 0. The van der Waals surface area contributed by atoms with Gasteiger partial charge in [-0.3, -0.25) is 4.79 Å². The number of carbonyl (C=O) groups is 1. The van der Waals surface area contributed by atoms with Crippen LogP contribution in [0.25, 0.3) is 0 Å². The number of nitrogens with zero attached hydrogens (tertiary/aromatic N) is 2. The van der Waals surface area contributed by atoms with Crippen molar-refractivity contribution < 1.29 is 22.3 Å². The molecule has 0 bridgehead atoms. The van der Waals surface area contributed by atoms with Crippen molar-refractivity contribution in [1.82, 2.24) is 4.90 Å². The van der Waals surface area contributed by atoms with E-state index in [4.69, 9.17) is 10.5 Å². The Bertz CT molecular complexity index is 1120. The van der Waals surface area contributed by atoms with Crippen LogP contribution in [0.15, 0.2) is 54.6 Å². The second-order valence-electron chi connectivity index (χ2n) is 8.37. The summed E-state index contributed by atoms with van der Waals surface area (Å²) in [5, 5.41) is 9.19. The van der Waals surface area contributed by atoms with Crippen LogP contribution in [0, 0.1) is 11.3 Å². The summed E-state index contributed by atoms with van der Waals surface area (Å²) in [5.74, 6) is -0.0128. The van der Waals surface area contributed by atoms with Gasteiger partial charge in [-0.15, -0.1) is 12.4 Å². The van der Waals surface area contributed by atoms with Crippen LogP contribution in [-0.4, -0.2) is 48.8 Å². The molecule has 1 heterocycles. The second-order valence-corrected chi connectivity index (χ2v) is 10.9. The van der Waals surface area contributed by atoms with E-state index < -0.39 is 38.7 Å². The molecule has 1 aliphatic rings. The third kappa shape index (κ3) is 5.82. The highest BCUT2D eigenvalue weighted by atomic mass is 35.5. The lowest BCUT2D eigenvalue weighted by atomic mass is 10.0. The Labute approximate surface area is 199 Å². The predicted octanol–water partition coefficient (Wildman–Crippen LogP) is 3.38. The number of para-hydroxylation sites is 1. The van der Waals surface area contributed by atoms with E-state index in [-0.39, 0.29) is 31.1 Å². The Morgan fingerprint density at radius 2 is 1.88 bits per heavy atom. The molecule has 2 aromatic carbocycles. The van der Waals surface area contributed by atoms with Gasteiger partial charge in [0.15, 0.2) is 9.84 Å². The predicted molar refractivity (Wildman–Crippen MR) is 126 cm³/mol. The minimum Gasteiger partial charge on any atom is -0.457 e. The summed E-state index contributed by atoms with van der Waals surface area (Å²) >= 11 is 0. The summed E-state index contributed by atoms with van der Waals surface area (Å²) < 4.78 is 44.3. The molecule has 178 valence electrons. The SMILES string of the molecule is CC(C)([C@H](N)C(=O)N1C[C@@H](F)C[C@H]1C#N)S(=O)(=O)Cc1cccc(Oc2ccccc2)c1.Cl. The maximum absolute atomic E-state index is 13.7. The number of amides is 1. The largest absolute Gasteiger partial charge is 0.457 e. The zero-order chi connectivity index (χ0) is 23.5. The van der Waals surface area contributed by atoms with E-state index >= 15 is 0 Å². The maximum Gasteiger partial charge on any atom is 0.242 e. The summed E-state index contributed by atoms with van der Waals surface area (Å²) in [4.78, 5) is 13.9. The number of ether oxygens (including phenoxy) is 1. The van der Waals surface area contributed by atoms with Crippen LogP contribution in [0.2, 0.25) is 0 Å². The number of rotatable bonds is 7. The molecule has 0 aromatic heterocycles. The summed E-state index contributed by atoms with van der Waals surface area (Å²) in [6, 6.07) is 15.2. The van der Waals surface area contributed by atoms with E-state index in [0.29, 0.717) is 17.1 Å². The van der Waals surface area contributed by atoms with E-state index in [2.05, 4.69) is 0 Å². The fourth-order valence-electron chi connectivity index (χ4n) is 3.55. The van der Waals surface area contributed by atoms with Crippen LogP contribution in [0.4, 0.5) is 4.39 Å². The molecule has 3 rings (SSSR count). The molecule has 0 unspecified atom stereocenters. The van der Waals surface area contributed by atoms with Crippen molar-refractivity contribution in [3.05, 3.63) is 60.2 Å². The third-order valence-electron chi connectivity index (χ3n) is 5.73. The van der Waals surface area contributed by atoms with Crippen molar-refractivity contribution >= 4 is 28.2 Å². The highest BCUT2D eigenvalue weighted by molar-refractivity contribution is 7.92. The summed E-state index contributed by atoms with van der Waals surface area (Å²) in [6.07, 6.45) is -1.43. The van der Waals surface area contributed by atoms with E-state index in [0.717, 1.165) is 4.90 Å². The molecule has 2 aromatic rings. The average Bonchev–Trinajstić information content (AvgIpc) is 3.14. The molecule has 0 saturated carbocycles. The van der Waals surface area contributed by atoms with Crippen LogP contribution in [0.3, 0.4) is 0 Å². The molecule has 1 fully saturated rings. The molecule has 2 N–H and O–H groups in total. The van der Waals surface area contributed by atoms with Crippen molar-refractivity contribution in [2.75, 3.05) is 6.54 Å². The number of benzene rings is 2. The van der Waals surface area contributed by atoms with Gasteiger partial charge in [0.1, 0.15) is 29.8 Å². The van der Waals surface area contributed by atoms with E-state index in [1.165, 1.54) is 13.8 Å². The first kappa shape index (κ1) is 26.6. The Balaban J connectivity index is 0.00000385. The van der Waals surface area contributed by atoms with Crippen molar-refractivity contribution in [2.24, 2.45) is 5.73 Å². The first-order chi connectivity index (χ1) is 15.0. The zero-order valence-corrected chi connectivity index (χ0v) is 20.0. The Hall–Kier alpha value is -2.67. The monoisotopic (exact) mass is 495 g/mol. The van der Waals surface area contributed by atoms with E-state index in [1.54, 1.807) is 36.4 Å². The van der Waals surface area contributed by atoms with Gasteiger partial charge in [0.25, 0.3) is 0 Å². The first-order valence-electron chi connectivity index (χ1n) is 10.2. The number of halogens is 2. The average molecular weight is 496 g/mol. The van der Waals surface area contributed by atoms with Gasteiger partial charge in [0.05, 0.1) is 23.1 Å². The van der Waals surface area contributed by atoms with E-state index in [1.807, 2.05) is 24.3 Å². The Morgan fingerprint density at radius 3 is 2.52 bits per heavy atom. The van der Waals surface area contributed by atoms with Gasteiger partial charge >= 0.3 is 0 Å². The van der Waals surface area contributed by atoms with Crippen LogP contribution in [0.5, 0.6) is 11.5 Å². The standard InChI is InChI=1S/C23H26FN3O4S.ClH/c1-23(2,21(26)22(28)27-14-17(24)12-18(27)13-25)32(29,30)15-16-7-6-10-20(11-16)31-19-8-4-3-5-9-19;/h3-11,17-18,21H,12,14-15,26H2,1-2H3;1H/t17-,18-,21+;/m0./s1. The molecule has 3 atom stereocenters. The van der Waals surface area contributed by atoms with Gasteiger partial charge in [-0.2, -0.15) is 5.26 Å². The van der Waals surface area contributed by atoms with Crippen molar-refractivity contribution in [3.8, 4) is 17.6 Å². The Morgan fingerprint density at radius 1 is 1.24 bits per heavy atom. The molecule has 1 saturated heterocycles. The normalized spacial score (nSPS) is 19.3. The zero-order valence-electron chi connectivity index (χ0n) is 18.3. The summed E-state index contributed by atoms with van der Waals surface area (Å²) in [5.41, 5.74) is 6.56. The molecule has 1 amide bonds. The van der Waals surface area contributed by atoms with Crippen molar-refractivity contribution in [1.29, 1.82) is 5.26 Å². The highest BCUT2D eigenvalue weighted by Crippen LogP contribution is 2.30. The lowest BCUT2D eigenvalue weighted by Crippen LogP contribution is -2.59. The van der Waals surface area contributed by atoms with Crippen LogP contribution in [0.1, 0.15) is 25.8 Å². The van der Waals surface area contributed by atoms with Crippen LogP contribution >= 0.6 is 12.4 Å². The number of nitrogens with two attached hydrogens (primary N) is 1. The topological polar surface area (TPSA) is 113 Å². The van der Waals surface area contributed by atoms with E-state index in [9.17, 15) is 22.9 Å². The van der Waals surface area contributed by atoms with Gasteiger partial charge in [0.2, 0.25) is 5.91 Å². The third-order valence-corrected chi connectivity index (χ3v) is 8.30. The van der Waals surface area contributed by atoms with Crippen molar-refractivity contribution in [2.45, 2.75) is 49.0 Å². The number of likely N-dealkylation sites (tertiary alicyclic amines) is 1. The van der Waals surface area contributed by atoms with Gasteiger partial charge < -0.3 is 15.4 Å². The van der Waals surface area contributed by atoms with Gasteiger partial charge in [-0.05, 0) is 43.7 Å². The number of alkyl halides is 1. The summed E-state index contributed by atoms with van der Waals surface area (Å²) in [7, 11) is -3.92. The van der Waals surface area contributed by atoms with Crippen molar-refractivity contribution in [3.63, 3.8) is 0 Å². The number of sulfone groups is 1. The lowest BCUT2D eigenvalue weighted by molar-refractivity contribution is -0.133. The van der Waals surface area contributed by atoms with Crippen LogP contribution < -0.4 is 10.5 Å². The number of hydrogen-bond donors (Lipinski definition) is 1. The van der Waals surface area contributed by atoms with Gasteiger partial charge in [0, 0.05) is 6.42 Å². The molecule has 0 radical (unpaired) electrons. The number of nitriles is 1. The Kier molecular flexibility index (Phi) is 8.46. The smallest absolute Gasteiger partial charge is 0.242 e. The fourth-order valence-corrected chi connectivity index (χ4v) is 5.03. The molecule has 0 aliphatic carbocycles. The van der Waals surface area contributed by atoms with Gasteiger partial charge in [-0.1, -0.05) is 30.3 Å². The molecule has 7 nitrogen and oxygen atoms in total. The molecule has 0 spiro atoms. The molecule has 33 heavy (non-hydrogen) atoms. The number of hydrogen-bond acceptors (Lipinski definition) is 6. The fraction of sp³-hybridized carbons (Fsp3) is 0.391.